The van der Waals surface area contributed by atoms with E-state index < -0.39 is 22.0 Å². The second-order valence-electron chi connectivity index (χ2n) is 7.55. The van der Waals surface area contributed by atoms with Gasteiger partial charge in [0.15, 0.2) is 11.5 Å². The van der Waals surface area contributed by atoms with Gasteiger partial charge in [0.25, 0.3) is 0 Å². The minimum atomic E-state index is -3.75. The minimum Gasteiger partial charge on any atom is -0.486 e. The highest BCUT2D eigenvalue weighted by atomic mass is 35.5. The third-order valence-corrected chi connectivity index (χ3v) is 6.56. The van der Waals surface area contributed by atoms with E-state index in [0.29, 0.717) is 47.4 Å². The number of nitrogens with zero attached hydrogens (tertiary/aromatic N) is 1. The maximum absolute atomic E-state index is 13.2. The Bertz CT molecular complexity index is 1070. The second kappa shape index (κ2) is 9.36. The zero-order valence-electron chi connectivity index (χ0n) is 18.0. The van der Waals surface area contributed by atoms with Crippen molar-refractivity contribution in [3.8, 4) is 11.5 Å². The monoisotopic (exact) mass is 466 g/mol. The van der Waals surface area contributed by atoms with Gasteiger partial charge in [0.2, 0.25) is 15.9 Å². The number of hydrogen-bond acceptors (Lipinski definition) is 5. The molecule has 1 N–H and O–H groups in total. The molecule has 0 aliphatic carbocycles. The summed E-state index contributed by atoms with van der Waals surface area (Å²) < 4.78 is 37.7. The van der Waals surface area contributed by atoms with Gasteiger partial charge >= 0.3 is 0 Å². The maximum Gasteiger partial charge on any atom is 0.244 e. The highest BCUT2D eigenvalue weighted by Gasteiger charge is 2.33. The summed E-state index contributed by atoms with van der Waals surface area (Å²) in [6, 6.07) is 9.19. The lowest BCUT2D eigenvalue weighted by Crippen LogP contribution is -2.50. The number of nitrogens with one attached hydrogen (secondary N) is 1. The third kappa shape index (κ3) is 5.25. The Morgan fingerprint density at radius 2 is 1.84 bits per heavy atom. The predicted octanol–water partition coefficient (Wildman–Crippen LogP) is 3.84. The largest absolute Gasteiger partial charge is 0.486 e. The molecular formula is C22H27ClN2O5S. The molecule has 0 aromatic heterocycles. The number of rotatable bonds is 7. The average Bonchev–Trinajstić information content (AvgIpc) is 2.72. The van der Waals surface area contributed by atoms with E-state index >= 15 is 0 Å². The van der Waals surface area contributed by atoms with Crippen LogP contribution < -0.4 is 19.1 Å². The van der Waals surface area contributed by atoms with E-state index in [4.69, 9.17) is 21.1 Å². The summed E-state index contributed by atoms with van der Waals surface area (Å²) in [7, 11) is -3.75. The Hall–Kier alpha value is -2.45. The summed E-state index contributed by atoms with van der Waals surface area (Å²) in [5, 5.41) is 3.33. The number of amides is 1. The van der Waals surface area contributed by atoms with Crippen LogP contribution >= 0.6 is 11.6 Å². The van der Waals surface area contributed by atoms with E-state index in [-0.39, 0.29) is 6.04 Å². The van der Waals surface area contributed by atoms with Crippen molar-refractivity contribution in [2.75, 3.05) is 23.8 Å². The summed E-state index contributed by atoms with van der Waals surface area (Å²) in [4.78, 5) is 13.2. The van der Waals surface area contributed by atoms with Gasteiger partial charge < -0.3 is 14.8 Å². The molecule has 1 aliphatic heterocycles. The van der Waals surface area contributed by atoms with E-state index in [1.54, 1.807) is 32.0 Å². The lowest BCUT2D eigenvalue weighted by atomic mass is 10.1. The fourth-order valence-electron chi connectivity index (χ4n) is 3.58. The van der Waals surface area contributed by atoms with Crippen LogP contribution in [0.15, 0.2) is 36.4 Å². The second-order valence-corrected chi connectivity index (χ2v) is 9.84. The Morgan fingerprint density at radius 1 is 1.16 bits per heavy atom. The number of anilines is 1. The number of halogens is 1. The van der Waals surface area contributed by atoms with Gasteiger partial charge in [0.05, 0.1) is 18.0 Å². The Balaban J connectivity index is 1.87. The van der Waals surface area contributed by atoms with Crippen molar-refractivity contribution in [1.29, 1.82) is 0 Å². The normalized spacial score (nSPS) is 15.1. The molecule has 0 bridgehead atoms. The summed E-state index contributed by atoms with van der Waals surface area (Å²) in [6.45, 7) is 6.37. The molecule has 1 heterocycles. The first-order chi connectivity index (χ1) is 14.6. The Kier molecular flexibility index (Phi) is 7.01. The van der Waals surface area contributed by atoms with Crippen LogP contribution in [0.25, 0.3) is 0 Å². The molecule has 0 spiro atoms. The van der Waals surface area contributed by atoms with E-state index in [1.807, 2.05) is 25.1 Å². The molecule has 1 aliphatic rings. The molecule has 2 atom stereocenters. The number of hydrogen-bond donors (Lipinski definition) is 1. The molecule has 0 saturated heterocycles. The van der Waals surface area contributed by atoms with Crippen molar-refractivity contribution in [3.05, 3.63) is 52.5 Å². The van der Waals surface area contributed by atoms with Gasteiger partial charge in [-0.1, -0.05) is 30.7 Å². The van der Waals surface area contributed by atoms with Gasteiger partial charge in [0.1, 0.15) is 19.3 Å². The van der Waals surface area contributed by atoms with Crippen molar-refractivity contribution in [1.82, 2.24) is 5.32 Å². The highest BCUT2D eigenvalue weighted by Crippen LogP contribution is 2.33. The molecule has 31 heavy (non-hydrogen) atoms. The summed E-state index contributed by atoms with van der Waals surface area (Å²) in [5.41, 5.74) is 1.93. The van der Waals surface area contributed by atoms with Crippen molar-refractivity contribution in [3.63, 3.8) is 0 Å². The zero-order chi connectivity index (χ0) is 22.8. The number of fused-ring (bicyclic) bond motifs is 1. The molecule has 9 heteroatoms. The summed E-state index contributed by atoms with van der Waals surface area (Å²) >= 11 is 6.12. The summed E-state index contributed by atoms with van der Waals surface area (Å²) in [6.07, 6.45) is 1.38. The first-order valence-corrected chi connectivity index (χ1v) is 12.3. The molecule has 2 aromatic carbocycles. The zero-order valence-corrected chi connectivity index (χ0v) is 19.6. The highest BCUT2D eigenvalue weighted by molar-refractivity contribution is 7.92. The lowest BCUT2D eigenvalue weighted by molar-refractivity contribution is -0.122. The van der Waals surface area contributed by atoms with Crippen molar-refractivity contribution < 1.29 is 22.7 Å². The molecule has 0 unspecified atom stereocenters. The van der Waals surface area contributed by atoms with Crippen LogP contribution in [0.2, 0.25) is 5.02 Å². The predicted molar refractivity (Wildman–Crippen MR) is 122 cm³/mol. The Morgan fingerprint density at radius 3 is 2.48 bits per heavy atom. The molecule has 0 saturated carbocycles. The van der Waals surface area contributed by atoms with E-state index in [9.17, 15) is 13.2 Å². The van der Waals surface area contributed by atoms with Gasteiger partial charge in [-0.2, -0.15) is 0 Å². The smallest absolute Gasteiger partial charge is 0.244 e. The molecule has 0 radical (unpaired) electrons. The fourth-order valence-corrected chi connectivity index (χ4v) is 5.00. The topological polar surface area (TPSA) is 84.9 Å². The van der Waals surface area contributed by atoms with Crippen molar-refractivity contribution in [2.45, 2.75) is 39.3 Å². The van der Waals surface area contributed by atoms with Crippen LogP contribution in [0.3, 0.4) is 0 Å². The van der Waals surface area contributed by atoms with E-state index in [2.05, 4.69) is 5.32 Å². The number of benzene rings is 2. The number of carbonyl (C=O) groups excluding carboxylic acids is 1. The SMILES string of the molecule is CC[C@@H](C(=O)N[C@H](C)c1ccc2c(c1)OCCO2)N(c1cc(Cl)ccc1C)S(C)(=O)=O. The number of sulfonamides is 1. The number of aryl methyl sites for hydroxylation is 1. The van der Waals surface area contributed by atoms with Crippen LogP contribution in [0.1, 0.15) is 37.4 Å². The number of ether oxygens (including phenoxy) is 2. The van der Waals surface area contributed by atoms with Crippen molar-refractivity contribution >= 4 is 33.2 Å². The van der Waals surface area contributed by atoms with Gasteiger partial charge in [-0.05, 0) is 55.7 Å². The summed E-state index contributed by atoms with van der Waals surface area (Å²) in [5.74, 6) is 0.901. The maximum atomic E-state index is 13.2. The van der Waals surface area contributed by atoms with Gasteiger partial charge in [-0.15, -0.1) is 0 Å². The van der Waals surface area contributed by atoms with Crippen LogP contribution in [0.4, 0.5) is 5.69 Å². The minimum absolute atomic E-state index is 0.290. The quantitative estimate of drug-likeness (QED) is 0.670. The molecule has 168 valence electrons. The van der Waals surface area contributed by atoms with Crippen LogP contribution in [-0.2, 0) is 14.8 Å². The first kappa shape index (κ1) is 23.2. The lowest BCUT2D eigenvalue weighted by Gasteiger charge is -2.32. The van der Waals surface area contributed by atoms with Gasteiger partial charge in [-0.25, -0.2) is 8.42 Å². The van der Waals surface area contributed by atoms with Crippen LogP contribution in [0, 0.1) is 6.92 Å². The van der Waals surface area contributed by atoms with Crippen LogP contribution in [0.5, 0.6) is 11.5 Å². The van der Waals surface area contributed by atoms with Gasteiger partial charge in [-0.3, -0.25) is 9.10 Å². The standard InChI is InChI=1S/C22H27ClN2O5S/c1-5-18(25(31(4,27)28)19-13-17(23)8-6-14(19)2)22(26)24-15(3)16-7-9-20-21(12-16)30-11-10-29-20/h6-9,12-13,15,18H,5,10-11H2,1-4H3,(H,24,26)/t15-,18+/m1/s1. The number of carbonyl (C=O) groups is 1. The van der Waals surface area contributed by atoms with E-state index in [1.165, 1.54) is 0 Å². The first-order valence-electron chi connectivity index (χ1n) is 10.1. The molecule has 2 aromatic rings. The third-order valence-electron chi connectivity index (χ3n) is 5.16. The van der Waals surface area contributed by atoms with Crippen LogP contribution in [-0.4, -0.2) is 39.8 Å². The van der Waals surface area contributed by atoms with Gasteiger partial charge in [0, 0.05) is 5.02 Å². The van der Waals surface area contributed by atoms with E-state index in [0.717, 1.165) is 16.1 Å². The fraction of sp³-hybridized carbons (Fsp3) is 0.409. The van der Waals surface area contributed by atoms with Crippen molar-refractivity contribution in [2.24, 2.45) is 0 Å². The molecule has 7 nitrogen and oxygen atoms in total. The Labute approximate surface area is 188 Å². The average molecular weight is 467 g/mol. The molecular weight excluding hydrogens is 440 g/mol. The molecule has 3 rings (SSSR count). The molecule has 1 amide bonds. The molecule has 0 fully saturated rings.